The summed E-state index contributed by atoms with van der Waals surface area (Å²) in [5.74, 6) is 0.692. The van der Waals surface area contributed by atoms with Crippen LogP contribution in [0.4, 0.5) is 11.4 Å². The number of anilines is 1. The van der Waals surface area contributed by atoms with E-state index in [0.717, 1.165) is 17.0 Å². The van der Waals surface area contributed by atoms with Crippen molar-refractivity contribution in [2.45, 2.75) is 6.42 Å². The zero-order valence-electron chi connectivity index (χ0n) is 13.3. The molecule has 24 heavy (non-hydrogen) atoms. The number of benzene rings is 2. The quantitative estimate of drug-likeness (QED) is 0.440. The van der Waals surface area contributed by atoms with Crippen LogP contribution in [-0.2, 0) is 11.2 Å². The summed E-state index contributed by atoms with van der Waals surface area (Å²) in [6.45, 7) is 0.998. The van der Waals surface area contributed by atoms with Crippen LogP contribution in [0.2, 0.25) is 0 Å². The van der Waals surface area contributed by atoms with Gasteiger partial charge < -0.3 is 15.4 Å². The van der Waals surface area contributed by atoms with E-state index in [0.29, 0.717) is 19.5 Å². The number of rotatable bonds is 8. The summed E-state index contributed by atoms with van der Waals surface area (Å²) in [4.78, 5) is 22.0. The Morgan fingerprint density at radius 3 is 2.33 bits per heavy atom. The second-order valence-corrected chi connectivity index (χ2v) is 5.11. The average molecular weight is 329 g/mol. The Labute approximate surface area is 139 Å². The van der Waals surface area contributed by atoms with Crippen LogP contribution in [0.3, 0.4) is 0 Å². The van der Waals surface area contributed by atoms with E-state index in [-0.39, 0.29) is 11.6 Å². The van der Waals surface area contributed by atoms with Crippen molar-refractivity contribution in [1.82, 2.24) is 5.32 Å². The summed E-state index contributed by atoms with van der Waals surface area (Å²) in [7, 11) is 1.60. The molecule has 0 unspecified atom stereocenters. The third kappa shape index (κ3) is 5.28. The number of nitro groups is 1. The number of hydrogen-bond donors (Lipinski definition) is 2. The maximum absolute atomic E-state index is 11.9. The SMILES string of the molecule is COc1ccc(CC(=O)NCCNc2ccc([N+](=O)[O-])cc2)cc1. The lowest BCUT2D eigenvalue weighted by molar-refractivity contribution is -0.384. The van der Waals surface area contributed by atoms with Gasteiger partial charge in [0.05, 0.1) is 18.5 Å². The maximum atomic E-state index is 11.9. The third-order valence-corrected chi connectivity index (χ3v) is 3.38. The lowest BCUT2D eigenvalue weighted by Gasteiger charge is -2.08. The van der Waals surface area contributed by atoms with Gasteiger partial charge in [-0.3, -0.25) is 14.9 Å². The van der Waals surface area contributed by atoms with E-state index in [1.165, 1.54) is 12.1 Å². The van der Waals surface area contributed by atoms with Crippen LogP contribution >= 0.6 is 0 Å². The smallest absolute Gasteiger partial charge is 0.269 e. The molecule has 0 fully saturated rings. The van der Waals surface area contributed by atoms with Crippen molar-refractivity contribution in [2.75, 3.05) is 25.5 Å². The van der Waals surface area contributed by atoms with Crippen LogP contribution in [0.5, 0.6) is 5.75 Å². The second-order valence-electron chi connectivity index (χ2n) is 5.11. The fourth-order valence-corrected chi connectivity index (χ4v) is 2.10. The van der Waals surface area contributed by atoms with Gasteiger partial charge in [-0.1, -0.05) is 12.1 Å². The van der Waals surface area contributed by atoms with Gasteiger partial charge in [0, 0.05) is 30.9 Å². The topological polar surface area (TPSA) is 93.5 Å². The van der Waals surface area contributed by atoms with Crippen molar-refractivity contribution in [3.8, 4) is 5.75 Å². The van der Waals surface area contributed by atoms with Crippen LogP contribution in [0, 0.1) is 10.1 Å². The summed E-state index contributed by atoms with van der Waals surface area (Å²) in [6.07, 6.45) is 0.307. The predicted octanol–water partition coefficient (Wildman–Crippen LogP) is 2.37. The van der Waals surface area contributed by atoms with Crippen LogP contribution in [0.15, 0.2) is 48.5 Å². The maximum Gasteiger partial charge on any atom is 0.269 e. The molecule has 2 aromatic carbocycles. The molecule has 0 radical (unpaired) electrons. The Bertz CT molecular complexity index is 684. The van der Waals surface area contributed by atoms with E-state index in [1.807, 2.05) is 24.3 Å². The van der Waals surface area contributed by atoms with Crippen LogP contribution in [0.1, 0.15) is 5.56 Å². The summed E-state index contributed by atoms with van der Waals surface area (Å²) in [5, 5.41) is 16.5. The molecule has 7 nitrogen and oxygen atoms in total. The molecule has 0 saturated heterocycles. The van der Waals surface area contributed by atoms with Crippen molar-refractivity contribution in [1.29, 1.82) is 0 Å². The van der Waals surface area contributed by atoms with E-state index >= 15 is 0 Å². The Balaban J connectivity index is 1.69. The number of non-ortho nitro benzene ring substituents is 1. The minimum absolute atomic E-state index is 0.0494. The summed E-state index contributed by atoms with van der Waals surface area (Å²) >= 11 is 0. The van der Waals surface area contributed by atoms with Gasteiger partial charge in [-0.05, 0) is 29.8 Å². The zero-order valence-corrected chi connectivity index (χ0v) is 13.3. The van der Waals surface area contributed by atoms with Gasteiger partial charge in [-0.25, -0.2) is 0 Å². The van der Waals surface area contributed by atoms with E-state index in [2.05, 4.69) is 10.6 Å². The molecular formula is C17H19N3O4. The third-order valence-electron chi connectivity index (χ3n) is 3.38. The largest absolute Gasteiger partial charge is 0.497 e. The highest BCUT2D eigenvalue weighted by molar-refractivity contribution is 5.78. The Morgan fingerprint density at radius 1 is 1.08 bits per heavy atom. The molecule has 0 bridgehead atoms. The van der Waals surface area contributed by atoms with Gasteiger partial charge in [0.2, 0.25) is 5.91 Å². The van der Waals surface area contributed by atoms with E-state index in [1.54, 1.807) is 19.2 Å². The van der Waals surface area contributed by atoms with E-state index < -0.39 is 4.92 Å². The number of methoxy groups -OCH3 is 1. The Kier molecular flexibility index (Phi) is 6.13. The van der Waals surface area contributed by atoms with Crippen molar-refractivity contribution in [3.05, 3.63) is 64.2 Å². The molecule has 0 aliphatic rings. The summed E-state index contributed by atoms with van der Waals surface area (Å²) < 4.78 is 5.07. The lowest BCUT2D eigenvalue weighted by Crippen LogP contribution is -2.29. The molecule has 0 aliphatic heterocycles. The number of nitro benzene ring substituents is 1. The highest BCUT2D eigenvalue weighted by Gasteiger charge is 2.05. The van der Waals surface area contributed by atoms with Crippen molar-refractivity contribution >= 4 is 17.3 Å². The molecule has 7 heteroatoms. The molecule has 1 amide bonds. The molecule has 126 valence electrons. The Morgan fingerprint density at radius 2 is 1.75 bits per heavy atom. The predicted molar refractivity (Wildman–Crippen MR) is 91.3 cm³/mol. The molecule has 0 aliphatic carbocycles. The number of nitrogens with zero attached hydrogens (tertiary/aromatic N) is 1. The first-order valence-corrected chi connectivity index (χ1v) is 7.46. The van der Waals surface area contributed by atoms with Crippen molar-refractivity contribution in [2.24, 2.45) is 0 Å². The van der Waals surface area contributed by atoms with Gasteiger partial charge in [-0.15, -0.1) is 0 Å². The number of ether oxygens (including phenoxy) is 1. The molecule has 0 spiro atoms. The fourth-order valence-electron chi connectivity index (χ4n) is 2.10. The van der Waals surface area contributed by atoms with Gasteiger partial charge in [-0.2, -0.15) is 0 Å². The van der Waals surface area contributed by atoms with Crippen LogP contribution < -0.4 is 15.4 Å². The first-order valence-electron chi connectivity index (χ1n) is 7.46. The monoisotopic (exact) mass is 329 g/mol. The zero-order chi connectivity index (χ0) is 17.4. The normalized spacial score (nSPS) is 10.0. The van der Waals surface area contributed by atoms with Gasteiger partial charge >= 0.3 is 0 Å². The number of nitrogens with one attached hydrogen (secondary N) is 2. The fraction of sp³-hybridized carbons (Fsp3) is 0.235. The van der Waals surface area contributed by atoms with Crippen molar-refractivity contribution in [3.63, 3.8) is 0 Å². The first-order chi connectivity index (χ1) is 11.6. The number of carbonyl (C=O) groups excluding carboxylic acids is 1. The highest BCUT2D eigenvalue weighted by atomic mass is 16.6. The molecule has 2 aromatic rings. The van der Waals surface area contributed by atoms with Gasteiger partial charge in [0.25, 0.3) is 5.69 Å². The van der Waals surface area contributed by atoms with Gasteiger partial charge in [0.1, 0.15) is 5.75 Å². The molecule has 2 N–H and O–H groups in total. The van der Waals surface area contributed by atoms with Crippen LogP contribution in [0.25, 0.3) is 0 Å². The molecular weight excluding hydrogens is 310 g/mol. The van der Waals surface area contributed by atoms with Crippen molar-refractivity contribution < 1.29 is 14.5 Å². The number of hydrogen-bond acceptors (Lipinski definition) is 5. The highest BCUT2D eigenvalue weighted by Crippen LogP contribution is 2.15. The molecule has 0 atom stereocenters. The Hall–Kier alpha value is -3.09. The molecule has 0 heterocycles. The number of amides is 1. The van der Waals surface area contributed by atoms with E-state index in [9.17, 15) is 14.9 Å². The average Bonchev–Trinajstić information content (AvgIpc) is 2.60. The standard InChI is InChI=1S/C17H19N3O4/c1-24-16-8-2-13(3-9-16)12-17(21)19-11-10-18-14-4-6-15(7-5-14)20(22)23/h2-9,18H,10-12H2,1H3,(H,19,21). The summed E-state index contributed by atoms with van der Waals surface area (Å²) in [5.41, 5.74) is 1.73. The second kappa shape index (κ2) is 8.52. The van der Waals surface area contributed by atoms with Gasteiger partial charge in [0.15, 0.2) is 0 Å². The molecule has 0 aromatic heterocycles. The van der Waals surface area contributed by atoms with E-state index in [4.69, 9.17) is 4.74 Å². The number of carbonyl (C=O) groups is 1. The minimum atomic E-state index is -0.441. The van der Waals surface area contributed by atoms with Crippen LogP contribution in [-0.4, -0.2) is 31.0 Å². The first kappa shape index (κ1) is 17.3. The minimum Gasteiger partial charge on any atom is -0.497 e. The summed E-state index contributed by atoms with van der Waals surface area (Å²) in [6, 6.07) is 13.5. The lowest BCUT2D eigenvalue weighted by atomic mass is 10.1. The molecule has 2 rings (SSSR count). The molecule has 0 saturated carbocycles.